The van der Waals surface area contributed by atoms with Crippen LogP contribution in [0.4, 0.5) is 4.39 Å². The molecule has 0 heterocycles. The maximum absolute atomic E-state index is 12.8. The second-order valence-corrected chi connectivity index (χ2v) is 4.94. The molecule has 0 saturated carbocycles. The first-order valence-corrected chi connectivity index (χ1v) is 5.85. The molecule has 3 N–H and O–H groups in total. The van der Waals surface area contributed by atoms with Crippen LogP contribution in [0.3, 0.4) is 0 Å². The van der Waals surface area contributed by atoms with E-state index in [-0.39, 0.29) is 10.5 Å². The summed E-state index contributed by atoms with van der Waals surface area (Å²) in [5, 5.41) is 0. The average molecular weight is 246 g/mol. The van der Waals surface area contributed by atoms with Crippen molar-refractivity contribution in [2.45, 2.75) is 11.8 Å². The van der Waals surface area contributed by atoms with Gasteiger partial charge in [-0.05, 0) is 30.7 Å². The zero-order chi connectivity index (χ0) is 12.3. The van der Waals surface area contributed by atoms with Crippen molar-refractivity contribution in [3.8, 4) is 0 Å². The average Bonchev–Trinajstić information content (AvgIpc) is 2.14. The fourth-order valence-electron chi connectivity index (χ4n) is 1.16. The fraction of sp³-hybridized carbons (Fsp3) is 0.222. The van der Waals surface area contributed by atoms with E-state index in [1.807, 2.05) is 4.72 Å². The molecular weight excluding hydrogens is 235 g/mol. The van der Waals surface area contributed by atoms with Gasteiger partial charge in [0.05, 0.1) is 11.4 Å². The van der Waals surface area contributed by atoms with Crippen molar-refractivity contribution in [2.24, 2.45) is 5.73 Å². The summed E-state index contributed by atoms with van der Waals surface area (Å²) in [6.07, 6.45) is 0. The summed E-state index contributed by atoms with van der Waals surface area (Å²) in [6, 6.07) is 3.26. The number of nitrogens with one attached hydrogen (secondary N) is 1. The molecule has 0 aliphatic carbocycles. The molecule has 1 aromatic carbocycles. The van der Waals surface area contributed by atoms with Crippen molar-refractivity contribution in [2.75, 3.05) is 6.54 Å². The first-order chi connectivity index (χ1) is 7.33. The molecule has 88 valence electrons. The Labute approximate surface area is 92.5 Å². The molecule has 0 unspecified atom stereocenters. The first kappa shape index (κ1) is 12.6. The number of carbonyl (C=O) groups excluding carboxylic acids is 1. The van der Waals surface area contributed by atoms with E-state index in [9.17, 15) is 17.6 Å². The predicted molar refractivity (Wildman–Crippen MR) is 55.5 cm³/mol. The van der Waals surface area contributed by atoms with Gasteiger partial charge in [-0.1, -0.05) is 0 Å². The van der Waals surface area contributed by atoms with Crippen LogP contribution in [0.5, 0.6) is 0 Å². The third kappa shape index (κ3) is 3.01. The lowest BCUT2D eigenvalue weighted by Gasteiger charge is -2.07. The summed E-state index contributed by atoms with van der Waals surface area (Å²) in [6.45, 7) is 0.973. The summed E-state index contributed by atoms with van der Waals surface area (Å²) in [7, 11) is -3.82. The van der Waals surface area contributed by atoms with Crippen LogP contribution in [-0.4, -0.2) is 20.9 Å². The van der Waals surface area contributed by atoms with E-state index in [0.29, 0.717) is 0 Å². The number of carbonyl (C=O) groups is 1. The number of primary amides is 1. The molecule has 5 nitrogen and oxygen atoms in total. The molecular formula is C9H11FN2O3S. The van der Waals surface area contributed by atoms with Crippen LogP contribution in [0.25, 0.3) is 0 Å². The smallest absolute Gasteiger partial charge is 0.241 e. The van der Waals surface area contributed by atoms with Crippen LogP contribution >= 0.6 is 0 Å². The summed E-state index contributed by atoms with van der Waals surface area (Å²) in [5.74, 6) is -1.31. The highest BCUT2D eigenvalue weighted by Gasteiger charge is 2.17. The van der Waals surface area contributed by atoms with Gasteiger partial charge in [-0.15, -0.1) is 0 Å². The van der Waals surface area contributed by atoms with Gasteiger partial charge in [0.1, 0.15) is 5.82 Å². The van der Waals surface area contributed by atoms with Gasteiger partial charge in [0.2, 0.25) is 15.9 Å². The van der Waals surface area contributed by atoms with E-state index in [2.05, 4.69) is 0 Å². The zero-order valence-electron chi connectivity index (χ0n) is 8.53. The number of aryl methyl sites for hydroxylation is 1. The van der Waals surface area contributed by atoms with Crippen molar-refractivity contribution in [1.29, 1.82) is 0 Å². The fourth-order valence-corrected chi connectivity index (χ4v) is 2.38. The third-order valence-corrected chi connectivity index (χ3v) is 3.42. The molecule has 0 bridgehead atoms. The predicted octanol–water partition coefficient (Wildman–Crippen LogP) is -0.102. The van der Waals surface area contributed by atoms with Gasteiger partial charge in [-0.2, -0.15) is 0 Å². The summed E-state index contributed by atoms with van der Waals surface area (Å²) < 4.78 is 38.0. The highest BCUT2D eigenvalue weighted by molar-refractivity contribution is 7.89. The van der Waals surface area contributed by atoms with Crippen molar-refractivity contribution < 1.29 is 17.6 Å². The third-order valence-electron chi connectivity index (χ3n) is 1.86. The number of benzene rings is 1. The minimum atomic E-state index is -3.82. The van der Waals surface area contributed by atoms with E-state index in [0.717, 1.165) is 18.2 Å². The van der Waals surface area contributed by atoms with Crippen molar-refractivity contribution in [3.05, 3.63) is 29.6 Å². The number of rotatable bonds is 4. The normalized spacial score (nSPS) is 11.4. The molecule has 0 aliphatic heterocycles. The molecule has 16 heavy (non-hydrogen) atoms. The largest absolute Gasteiger partial charge is 0.369 e. The van der Waals surface area contributed by atoms with Crippen LogP contribution in [0.15, 0.2) is 23.1 Å². The van der Waals surface area contributed by atoms with Crippen molar-refractivity contribution in [3.63, 3.8) is 0 Å². The lowest BCUT2D eigenvalue weighted by Crippen LogP contribution is -2.33. The highest BCUT2D eigenvalue weighted by atomic mass is 32.2. The molecule has 7 heteroatoms. The van der Waals surface area contributed by atoms with Crippen molar-refractivity contribution >= 4 is 15.9 Å². The van der Waals surface area contributed by atoms with Crippen LogP contribution < -0.4 is 10.5 Å². The van der Waals surface area contributed by atoms with E-state index in [1.54, 1.807) is 0 Å². The van der Waals surface area contributed by atoms with Gasteiger partial charge in [-0.25, -0.2) is 17.5 Å². The van der Waals surface area contributed by atoms with Crippen LogP contribution in [0.2, 0.25) is 0 Å². The topological polar surface area (TPSA) is 89.3 Å². The Hall–Kier alpha value is -1.47. The van der Waals surface area contributed by atoms with E-state index in [4.69, 9.17) is 5.73 Å². The van der Waals surface area contributed by atoms with Gasteiger partial charge in [0.25, 0.3) is 0 Å². The monoisotopic (exact) mass is 246 g/mol. The number of sulfonamides is 1. The number of amides is 1. The SMILES string of the molecule is Cc1cc(F)ccc1S(=O)(=O)NCC(N)=O. The van der Waals surface area contributed by atoms with Gasteiger partial charge in [0.15, 0.2) is 0 Å². The molecule has 0 aliphatic rings. The second kappa shape index (κ2) is 4.58. The Balaban J connectivity index is 3.03. The summed E-state index contributed by atoms with van der Waals surface area (Å²) >= 11 is 0. The zero-order valence-corrected chi connectivity index (χ0v) is 9.34. The number of nitrogens with two attached hydrogens (primary N) is 1. The van der Waals surface area contributed by atoms with Crippen molar-refractivity contribution in [1.82, 2.24) is 4.72 Å². The van der Waals surface area contributed by atoms with Gasteiger partial charge < -0.3 is 5.73 Å². The Bertz CT molecular complexity index is 513. The Morgan fingerprint density at radius 3 is 2.62 bits per heavy atom. The molecule has 0 atom stereocenters. The second-order valence-electron chi connectivity index (χ2n) is 3.20. The number of hydrogen-bond acceptors (Lipinski definition) is 3. The quantitative estimate of drug-likeness (QED) is 0.777. The molecule has 1 rings (SSSR count). The standard InChI is InChI=1S/C9H11FN2O3S/c1-6-4-7(10)2-3-8(6)16(14,15)12-5-9(11)13/h2-4,12H,5H2,1H3,(H2,11,13). The molecule has 0 saturated heterocycles. The maximum Gasteiger partial charge on any atom is 0.241 e. The minimum Gasteiger partial charge on any atom is -0.369 e. The Kier molecular flexibility index (Phi) is 3.61. The lowest BCUT2D eigenvalue weighted by molar-refractivity contribution is -0.116. The summed E-state index contributed by atoms with van der Waals surface area (Å²) in [5.41, 5.74) is 5.08. The van der Waals surface area contributed by atoms with Gasteiger partial charge in [0, 0.05) is 0 Å². The summed E-state index contributed by atoms with van der Waals surface area (Å²) in [4.78, 5) is 10.4. The van der Waals surface area contributed by atoms with Crippen LogP contribution in [0, 0.1) is 12.7 Å². The molecule has 0 fully saturated rings. The van der Waals surface area contributed by atoms with Crippen LogP contribution in [0.1, 0.15) is 5.56 Å². The molecule has 1 amide bonds. The van der Waals surface area contributed by atoms with E-state index >= 15 is 0 Å². The molecule has 0 spiro atoms. The Morgan fingerprint density at radius 1 is 1.50 bits per heavy atom. The van der Waals surface area contributed by atoms with E-state index in [1.165, 1.54) is 6.92 Å². The molecule has 0 aromatic heterocycles. The highest BCUT2D eigenvalue weighted by Crippen LogP contribution is 2.15. The lowest BCUT2D eigenvalue weighted by atomic mass is 10.2. The molecule has 1 aromatic rings. The number of halogens is 1. The van der Waals surface area contributed by atoms with Gasteiger partial charge in [-0.3, -0.25) is 4.79 Å². The maximum atomic E-state index is 12.8. The minimum absolute atomic E-state index is 0.0739. The van der Waals surface area contributed by atoms with E-state index < -0.39 is 28.3 Å². The number of hydrogen-bond donors (Lipinski definition) is 2. The molecule has 0 radical (unpaired) electrons. The van der Waals surface area contributed by atoms with Gasteiger partial charge >= 0.3 is 0 Å². The first-order valence-electron chi connectivity index (χ1n) is 4.37. The Morgan fingerprint density at radius 2 is 2.12 bits per heavy atom. The van der Waals surface area contributed by atoms with Crippen LogP contribution in [-0.2, 0) is 14.8 Å².